The summed E-state index contributed by atoms with van der Waals surface area (Å²) >= 11 is 3.58. The highest BCUT2D eigenvalue weighted by molar-refractivity contribution is 8.03. The maximum Gasteiger partial charge on any atom is 0.191 e. The second-order valence-electron chi connectivity index (χ2n) is 4.88. The third-order valence-corrected chi connectivity index (χ3v) is 5.83. The largest absolute Gasteiger partial charge is 0.301 e. The van der Waals surface area contributed by atoms with Crippen molar-refractivity contribution < 1.29 is 0 Å². The molecular weight excluding hydrogens is 314 g/mol. The molecule has 1 aliphatic heterocycles. The molecule has 0 fully saturated rings. The Morgan fingerprint density at radius 2 is 2.18 bits per heavy atom. The number of nitrogens with zero attached hydrogens (tertiary/aromatic N) is 5. The molecule has 0 saturated heterocycles. The molecule has 0 spiro atoms. The first kappa shape index (κ1) is 13.8. The zero-order valence-electron chi connectivity index (χ0n) is 11.7. The minimum absolute atomic E-state index is 0.493. The van der Waals surface area contributed by atoms with Gasteiger partial charge in [-0.1, -0.05) is 17.8 Å². The number of aromatic nitrogens is 5. The number of fused-ring (bicyclic) bond motifs is 1. The number of pyridine rings is 2. The molecule has 22 heavy (non-hydrogen) atoms. The van der Waals surface area contributed by atoms with Crippen LogP contribution in [0, 0.1) is 0 Å². The van der Waals surface area contributed by atoms with Crippen LogP contribution in [0.2, 0.25) is 0 Å². The fourth-order valence-electron chi connectivity index (χ4n) is 2.34. The smallest absolute Gasteiger partial charge is 0.191 e. The van der Waals surface area contributed by atoms with Gasteiger partial charge in [-0.15, -0.1) is 22.0 Å². The fraction of sp³-hybridized carbons (Fsp3) is 0.200. The molecule has 0 bridgehead atoms. The van der Waals surface area contributed by atoms with E-state index in [0.29, 0.717) is 5.25 Å². The lowest BCUT2D eigenvalue weighted by atomic mass is 10.2. The maximum absolute atomic E-state index is 4.35. The molecule has 7 heteroatoms. The van der Waals surface area contributed by atoms with Crippen LogP contribution in [0.4, 0.5) is 0 Å². The van der Waals surface area contributed by atoms with Gasteiger partial charge in [-0.2, -0.15) is 0 Å². The van der Waals surface area contributed by atoms with E-state index in [0.717, 1.165) is 33.9 Å². The van der Waals surface area contributed by atoms with E-state index in [1.165, 1.54) is 0 Å². The van der Waals surface area contributed by atoms with Crippen LogP contribution in [-0.4, -0.2) is 35.7 Å². The normalized spacial score (nSPS) is 16.6. The van der Waals surface area contributed by atoms with Gasteiger partial charge in [-0.3, -0.25) is 4.98 Å². The molecule has 0 N–H and O–H groups in total. The first-order valence-corrected chi connectivity index (χ1v) is 8.81. The Labute approximate surface area is 136 Å². The molecule has 3 aromatic heterocycles. The van der Waals surface area contributed by atoms with Gasteiger partial charge in [0.25, 0.3) is 0 Å². The lowest BCUT2D eigenvalue weighted by molar-refractivity contribution is 0.678. The highest BCUT2D eigenvalue weighted by atomic mass is 32.2. The lowest BCUT2D eigenvalue weighted by Gasteiger charge is -2.08. The summed E-state index contributed by atoms with van der Waals surface area (Å²) in [6, 6.07) is 9.95. The standard InChI is InChI=1S/C15H13N5S2/c1-2-7-17-13(5-1)21-10-12-9-20-14(18-19-15(20)22-12)11-4-3-6-16-8-11/h1-8,12H,9-10H2. The second kappa shape index (κ2) is 6.10. The van der Waals surface area contributed by atoms with Crippen LogP contribution in [0.25, 0.3) is 11.4 Å². The van der Waals surface area contributed by atoms with E-state index in [-0.39, 0.29) is 0 Å². The second-order valence-corrected chi connectivity index (χ2v) is 7.19. The average molecular weight is 327 g/mol. The molecular formula is C15H13N5S2. The topological polar surface area (TPSA) is 56.5 Å². The van der Waals surface area contributed by atoms with Gasteiger partial charge in [0.05, 0.1) is 5.03 Å². The number of hydrogen-bond donors (Lipinski definition) is 0. The van der Waals surface area contributed by atoms with Crippen LogP contribution in [0.3, 0.4) is 0 Å². The minimum Gasteiger partial charge on any atom is -0.301 e. The predicted octanol–water partition coefficient (Wildman–Crippen LogP) is 3.00. The lowest BCUT2D eigenvalue weighted by Crippen LogP contribution is -2.09. The van der Waals surface area contributed by atoms with Crippen molar-refractivity contribution >= 4 is 23.5 Å². The first-order valence-electron chi connectivity index (χ1n) is 6.94. The molecule has 1 aliphatic rings. The Morgan fingerprint density at radius 1 is 1.18 bits per heavy atom. The summed E-state index contributed by atoms with van der Waals surface area (Å²) in [6.07, 6.45) is 5.43. The first-order chi connectivity index (χ1) is 10.9. The molecule has 1 unspecified atom stereocenters. The summed E-state index contributed by atoms with van der Waals surface area (Å²) in [5.41, 5.74) is 1.01. The molecule has 4 heterocycles. The van der Waals surface area contributed by atoms with Gasteiger partial charge in [0.1, 0.15) is 0 Å². The summed E-state index contributed by atoms with van der Waals surface area (Å²) in [4.78, 5) is 8.51. The highest BCUT2D eigenvalue weighted by Gasteiger charge is 2.27. The molecule has 4 rings (SSSR count). The van der Waals surface area contributed by atoms with Gasteiger partial charge in [0, 0.05) is 41.7 Å². The van der Waals surface area contributed by atoms with E-state index in [1.807, 2.05) is 42.7 Å². The molecule has 0 amide bonds. The van der Waals surface area contributed by atoms with Gasteiger partial charge in [0.15, 0.2) is 11.0 Å². The van der Waals surface area contributed by atoms with Crippen LogP contribution < -0.4 is 0 Å². The Balaban J connectivity index is 1.46. The highest BCUT2D eigenvalue weighted by Crippen LogP contribution is 2.36. The average Bonchev–Trinajstić information content (AvgIpc) is 3.15. The zero-order valence-corrected chi connectivity index (χ0v) is 13.3. The quantitative estimate of drug-likeness (QED) is 0.687. The Morgan fingerprint density at radius 3 is 3.00 bits per heavy atom. The van der Waals surface area contributed by atoms with Crippen molar-refractivity contribution in [1.82, 2.24) is 24.7 Å². The van der Waals surface area contributed by atoms with Gasteiger partial charge in [-0.25, -0.2) is 4.98 Å². The summed E-state index contributed by atoms with van der Waals surface area (Å²) < 4.78 is 2.19. The van der Waals surface area contributed by atoms with Crippen LogP contribution in [0.15, 0.2) is 59.1 Å². The monoisotopic (exact) mass is 327 g/mol. The van der Waals surface area contributed by atoms with Crippen molar-refractivity contribution in [3.8, 4) is 11.4 Å². The van der Waals surface area contributed by atoms with Crippen molar-refractivity contribution in [2.75, 3.05) is 5.75 Å². The Hall–Kier alpha value is -1.86. The summed E-state index contributed by atoms with van der Waals surface area (Å²) in [5.74, 6) is 1.92. The van der Waals surface area contributed by atoms with E-state index >= 15 is 0 Å². The van der Waals surface area contributed by atoms with E-state index in [4.69, 9.17) is 0 Å². The van der Waals surface area contributed by atoms with Crippen LogP contribution in [0.5, 0.6) is 0 Å². The SMILES string of the molecule is c1ccc(SCC2Cn3c(nnc3-c3cccnc3)S2)nc1. The third-order valence-electron chi connectivity index (χ3n) is 3.35. The Kier molecular flexibility index (Phi) is 3.82. The maximum atomic E-state index is 4.35. The zero-order chi connectivity index (χ0) is 14.8. The minimum atomic E-state index is 0.493. The van der Waals surface area contributed by atoms with Gasteiger partial charge >= 0.3 is 0 Å². The van der Waals surface area contributed by atoms with Crippen molar-refractivity contribution in [3.63, 3.8) is 0 Å². The Bertz CT molecular complexity index is 760. The molecule has 0 saturated carbocycles. The van der Waals surface area contributed by atoms with Crippen molar-refractivity contribution in [2.24, 2.45) is 0 Å². The van der Waals surface area contributed by atoms with E-state index in [2.05, 4.69) is 24.7 Å². The molecule has 110 valence electrons. The van der Waals surface area contributed by atoms with E-state index in [1.54, 1.807) is 29.7 Å². The summed E-state index contributed by atoms with van der Waals surface area (Å²) in [7, 11) is 0. The van der Waals surface area contributed by atoms with Gasteiger partial charge in [-0.05, 0) is 24.3 Å². The molecule has 3 aromatic rings. The van der Waals surface area contributed by atoms with Crippen LogP contribution in [-0.2, 0) is 6.54 Å². The van der Waals surface area contributed by atoms with Crippen LogP contribution in [0.1, 0.15) is 0 Å². The number of hydrogen-bond acceptors (Lipinski definition) is 6. The van der Waals surface area contributed by atoms with Gasteiger partial charge in [0.2, 0.25) is 0 Å². The van der Waals surface area contributed by atoms with Crippen molar-refractivity contribution in [1.29, 1.82) is 0 Å². The summed E-state index contributed by atoms with van der Waals surface area (Å²) in [5, 5.41) is 11.1. The van der Waals surface area contributed by atoms with E-state index in [9.17, 15) is 0 Å². The molecule has 5 nitrogen and oxygen atoms in total. The number of rotatable bonds is 4. The molecule has 0 radical (unpaired) electrons. The van der Waals surface area contributed by atoms with Crippen molar-refractivity contribution in [2.45, 2.75) is 22.0 Å². The number of thioether (sulfide) groups is 2. The molecule has 0 aromatic carbocycles. The summed E-state index contributed by atoms with van der Waals surface area (Å²) in [6.45, 7) is 0.928. The fourth-order valence-corrected chi connectivity index (χ4v) is 4.48. The van der Waals surface area contributed by atoms with E-state index < -0.39 is 0 Å². The van der Waals surface area contributed by atoms with Crippen LogP contribution >= 0.6 is 23.5 Å². The molecule has 0 aliphatic carbocycles. The van der Waals surface area contributed by atoms with Gasteiger partial charge < -0.3 is 4.57 Å². The molecule has 1 atom stereocenters. The predicted molar refractivity (Wildman–Crippen MR) is 87.9 cm³/mol. The van der Waals surface area contributed by atoms with Crippen molar-refractivity contribution in [3.05, 3.63) is 48.9 Å². The third kappa shape index (κ3) is 2.74.